The summed E-state index contributed by atoms with van der Waals surface area (Å²) in [6.07, 6.45) is 2.56. The number of hydrogen-bond acceptors (Lipinski definition) is 4. The first-order chi connectivity index (χ1) is 17.6. The van der Waals surface area contributed by atoms with Crippen LogP contribution in [0.4, 0.5) is 0 Å². The Morgan fingerprint density at radius 2 is 1.44 bits per heavy atom. The second kappa shape index (κ2) is 10.2. The van der Waals surface area contributed by atoms with Crippen molar-refractivity contribution in [2.24, 2.45) is 0 Å². The van der Waals surface area contributed by atoms with Crippen molar-refractivity contribution in [3.8, 4) is 5.69 Å². The lowest BCUT2D eigenvalue weighted by atomic mass is 9.71. The average molecular weight is 480 g/mol. The highest BCUT2D eigenvalue weighted by Gasteiger charge is 2.44. The first-order valence-corrected chi connectivity index (χ1v) is 12.3. The molecular weight excluding hydrogens is 450 g/mol. The van der Waals surface area contributed by atoms with E-state index in [-0.39, 0.29) is 17.9 Å². The molecule has 0 aliphatic carbocycles. The zero-order chi connectivity index (χ0) is 25.0. The van der Waals surface area contributed by atoms with E-state index < -0.39 is 5.41 Å². The normalized spacial score (nSPS) is 15.8. The number of aromatic nitrogens is 3. The first-order valence-electron chi connectivity index (χ1n) is 12.3. The minimum atomic E-state index is -0.706. The summed E-state index contributed by atoms with van der Waals surface area (Å²) >= 11 is 0. The van der Waals surface area contributed by atoms with Crippen LogP contribution in [0.15, 0.2) is 97.2 Å². The van der Waals surface area contributed by atoms with Crippen LogP contribution >= 0.6 is 0 Å². The van der Waals surface area contributed by atoms with Gasteiger partial charge in [-0.3, -0.25) is 9.59 Å². The van der Waals surface area contributed by atoms with E-state index in [0.29, 0.717) is 31.6 Å². The summed E-state index contributed by atoms with van der Waals surface area (Å²) in [6, 6.07) is 29.2. The van der Waals surface area contributed by atoms with Crippen LogP contribution in [0.5, 0.6) is 0 Å². The van der Waals surface area contributed by atoms with Crippen molar-refractivity contribution < 1.29 is 9.59 Å². The predicted octanol–water partition coefficient (Wildman–Crippen LogP) is 4.32. The van der Waals surface area contributed by atoms with Gasteiger partial charge in [0.15, 0.2) is 5.69 Å². The molecular formula is C29H29N5O2. The van der Waals surface area contributed by atoms with Gasteiger partial charge in [-0.2, -0.15) is 9.90 Å². The highest BCUT2D eigenvalue weighted by Crippen LogP contribution is 2.37. The largest absolute Gasteiger partial charge is 0.349 e. The number of benzene rings is 3. The number of rotatable bonds is 6. The Kier molecular flexibility index (Phi) is 6.62. The van der Waals surface area contributed by atoms with Gasteiger partial charge in [0, 0.05) is 13.1 Å². The fraction of sp³-hybridized carbons (Fsp3) is 0.241. The second-order valence-corrected chi connectivity index (χ2v) is 9.20. The molecule has 0 bridgehead atoms. The first kappa shape index (κ1) is 23.5. The molecule has 0 unspecified atom stereocenters. The molecule has 2 amide bonds. The number of para-hydroxylation sites is 1. The molecule has 1 aromatic heterocycles. The molecule has 0 radical (unpaired) electrons. The Morgan fingerprint density at radius 1 is 0.861 bits per heavy atom. The Balaban J connectivity index is 1.33. The van der Waals surface area contributed by atoms with Gasteiger partial charge in [-0.15, -0.1) is 5.10 Å². The lowest BCUT2D eigenvalue weighted by molar-refractivity contribution is -0.129. The molecule has 1 atom stereocenters. The van der Waals surface area contributed by atoms with Gasteiger partial charge in [-0.05, 0) is 43.0 Å². The number of hydrogen-bond donors (Lipinski definition) is 1. The quantitative estimate of drug-likeness (QED) is 0.447. The van der Waals surface area contributed by atoms with Gasteiger partial charge in [-0.1, -0.05) is 78.9 Å². The number of likely N-dealkylation sites (tertiary alicyclic amines) is 1. The van der Waals surface area contributed by atoms with Crippen molar-refractivity contribution in [1.82, 2.24) is 25.2 Å². The number of nitrogens with one attached hydrogen (secondary N) is 1. The molecule has 0 saturated carbocycles. The van der Waals surface area contributed by atoms with Crippen molar-refractivity contribution in [1.29, 1.82) is 0 Å². The molecule has 1 N–H and O–H groups in total. The van der Waals surface area contributed by atoms with Gasteiger partial charge in [0.05, 0.1) is 23.3 Å². The van der Waals surface area contributed by atoms with Crippen molar-refractivity contribution in [3.63, 3.8) is 0 Å². The Bertz CT molecular complexity index is 1310. The van der Waals surface area contributed by atoms with Crippen LogP contribution in [-0.4, -0.2) is 44.8 Å². The third-order valence-corrected chi connectivity index (χ3v) is 7.01. The van der Waals surface area contributed by atoms with Gasteiger partial charge in [0.2, 0.25) is 5.91 Å². The number of amides is 2. The maximum absolute atomic E-state index is 13.8. The molecule has 3 aromatic carbocycles. The number of piperidine rings is 1. The molecule has 7 heteroatoms. The maximum Gasteiger partial charge on any atom is 0.276 e. The van der Waals surface area contributed by atoms with E-state index in [1.807, 2.05) is 97.9 Å². The number of nitrogens with zero attached hydrogens (tertiary/aromatic N) is 4. The summed E-state index contributed by atoms with van der Waals surface area (Å²) in [5.41, 5.74) is 2.42. The van der Waals surface area contributed by atoms with Crippen molar-refractivity contribution in [3.05, 3.63) is 114 Å². The van der Waals surface area contributed by atoms with Crippen LogP contribution in [0.1, 0.15) is 47.4 Å². The van der Waals surface area contributed by atoms with E-state index >= 15 is 0 Å². The van der Waals surface area contributed by atoms with Crippen LogP contribution in [0.2, 0.25) is 0 Å². The fourth-order valence-electron chi connectivity index (χ4n) is 4.86. The van der Waals surface area contributed by atoms with Crippen LogP contribution < -0.4 is 5.32 Å². The molecule has 1 saturated heterocycles. The van der Waals surface area contributed by atoms with Crippen molar-refractivity contribution >= 4 is 11.8 Å². The van der Waals surface area contributed by atoms with Gasteiger partial charge < -0.3 is 10.2 Å². The molecule has 7 nitrogen and oxygen atoms in total. The third-order valence-electron chi connectivity index (χ3n) is 7.01. The van der Waals surface area contributed by atoms with E-state index in [0.717, 1.165) is 16.8 Å². The minimum absolute atomic E-state index is 0.00725. The smallest absolute Gasteiger partial charge is 0.276 e. The van der Waals surface area contributed by atoms with Gasteiger partial charge >= 0.3 is 0 Å². The lowest BCUT2D eigenvalue weighted by Gasteiger charge is -2.41. The molecule has 36 heavy (non-hydrogen) atoms. The van der Waals surface area contributed by atoms with E-state index in [1.165, 1.54) is 11.0 Å². The standard InChI is InChI=1S/C29H29N5O2/c1-22(23-11-5-2-6-12-23)31-28(36)29(24-13-7-3-8-14-24)17-19-33(20-18-29)27(35)26-21-30-34(32-26)25-15-9-4-10-16-25/h2-16,21-22H,17-20H2,1H3,(H,31,36)/t22-/m0/s1. The SMILES string of the molecule is C[C@H](NC(=O)C1(c2ccccc2)CCN(C(=O)c2cnn(-c3ccccc3)n2)CC1)c1ccccc1. The molecule has 5 rings (SSSR count). The summed E-state index contributed by atoms with van der Waals surface area (Å²) in [5, 5.41) is 11.9. The summed E-state index contributed by atoms with van der Waals surface area (Å²) in [4.78, 5) is 30.2. The van der Waals surface area contributed by atoms with Gasteiger partial charge in [-0.25, -0.2) is 0 Å². The molecule has 2 heterocycles. The van der Waals surface area contributed by atoms with Gasteiger partial charge in [0.25, 0.3) is 5.91 Å². The van der Waals surface area contributed by atoms with Crippen molar-refractivity contribution in [2.45, 2.75) is 31.2 Å². The molecule has 4 aromatic rings. The van der Waals surface area contributed by atoms with Crippen LogP contribution in [0.25, 0.3) is 5.69 Å². The predicted molar refractivity (Wildman–Crippen MR) is 138 cm³/mol. The maximum atomic E-state index is 13.8. The van der Waals surface area contributed by atoms with Crippen LogP contribution in [0.3, 0.4) is 0 Å². The number of carbonyl (C=O) groups is 2. The Morgan fingerprint density at radius 3 is 2.08 bits per heavy atom. The highest BCUT2D eigenvalue weighted by molar-refractivity contribution is 5.93. The molecule has 1 aliphatic heterocycles. The summed E-state index contributed by atoms with van der Waals surface area (Å²) in [6.45, 7) is 2.92. The van der Waals surface area contributed by atoms with E-state index in [9.17, 15) is 9.59 Å². The molecule has 1 fully saturated rings. The minimum Gasteiger partial charge on any atom is -0.349 e. The second-order valence-electron chi connectivity index (χ2n) is 9.20. The fourth-order valence-corrected chi connectivity index (χ4v) is 4.86. The van der Waals surface area contributed by atoms with Crippen LogP contribution in [-0.2, 0) is 10.2 Å². The highest BCUT2D eigenvalue weighted by atomic mass is 16.2. The molecule has 182 valence electrons. The van der Waals surface area contributed by atoms with E-state index in [2.05, 4.69) is 15.5 Å². The van der Waals surface area contributed by atoms with Gasteiger partial charge in [0.1, 0.15) is 0 Å². The zero-order valence-electron chi connectivity index (χ0n) is 20.2. The molecule has 1 aliphatic rings. The van der Waals surface area contributed by atoms with Crippen LogP contribution in [0, 0.1) is 0 Å². The van der Waals surface area contributed by atoms with Crippen molar-refractivity contribution in [2.75, 3.05) is 13.1 Å². The summed E-state index contributed by atoms with van der Waals surface area (Å²) in [7, 11) is 0. The topological polar surface area (TPSA) is 80.1 Å². The third kappa shape index (κ3) is 4.64. The van der Waals surface area contributed by atoms with E-state index in [4.69, 9.17) is 0 Å². The summed E-state index contributed by atoms with van der Waals surface area (Å²) in [5.74, 6) is -0.177. The van der Waals surface area contributed by atoms with E-state index in [1.54, 1.807) is 4.90 Å². The zero-order valence-corrected chi connectivity index (χ0v) is 20.2. The average Bonchev–Trinajstić information content (AvgIpc) is 3.44. The monoisotopic (exact) mass is 479 g/mol. The number of carbonyl (C=O) groups excluding carboxylic acids is 2. The molecule has 0 spiro atoms. The summed E-state index contributed by atoms with van der Waals surface area (Å²) < 4.78 is 0. The lowest BCUT2D eigenvalue weighted by Crippen LogP contribution is -2.53. The Labute approximate surface area is 210 Å². The Hall–Kier alpha value is -4.26.